The van der Waals surface area contributed by atoms with Gasteiger partial charge in [0.15, 0.2) is 15.8 Å². The number of sulfone groups is 1. The Hall–Kier alpha value is -1.03. The maximum absolute atomic E-state index is 11.7. The Labute approximate surface area is 153 Å². The van der Waals surface area contributed by atoms with Gasteiger partial charge in [0, 0.05) is 18.2 Å². The molecule has 0 aromatic heterocycles. The minimum absolute atomic E-state index is 0. The number of benzene rings is 1. The van der Waals surface area contributed by atoms with E-state index < -0.39 is 14.6 Å². The Bertz CT molecular complexity index is 702. The molecule has 1 aliphatic carbocycles. The maximum Gasteiger partial charge on any atom is 0.189 e. The summed E-state index contributed by atoms with van der Waals surface area (Å²) in [6, 6.07) is 7.86. The van der Waals surface area contributed by atoms with Crippen molar-refractivity contribution in [1.29, 1.82) is 0 Å². The van der Waals surface area contributed by atoms with Crippen molar-refractivity contribution >= 4 is 39.8 Å². The van der Waals surface area contributed by atoms with Crippen LogP contribution in [0.1, 0.15) is 30.9 Å². The van der Waals surface area contributed by atoms with Crippen LogP contribution in [0.3, 0.4) is 0 Å². The molecule has 1 aromatic carbocycles. The molecule has 0 spiro atoms. The number of nitrogens with two attached hydrogens (primary N) is 1. The van der Waals surface area contributed by atoms with Crippen LogP contribution in [0.2, 0.25) is 0 Å². The molecule has 0 amide bonds. The summed E-state index contributed by atoms with van der Waals surface area (Å²) in [5.74, 6) is 1.14. The van der Waals surface area contributed by atoms with Gasteiger partial charge in [-0.05, 0) is 18.9 Å². The van der Waals surface area contributed by atoms with Crippen molar-refractivity contribution in [2.24, 2.45) is 10.7 Å². The normalized spacial score (nSPS) is 22.3. The van der Waals surface area contributed by atoms with Crippen molar-refractivity contribution in [3.8, 4) is 5.75 Å². The third kappa shape index (κ3) is 3.90. The zero-order chi connectivity index (χ0) is 15.8. The van der Waals surface area contributed by atoms with E-state index in [1.165, 1.54) is 6.26 Å². The summed E-state index contributed by atoms with van der Waals surface area (Å²) >= 11 is 0. The second kappa shape index (κ2) is 6.84. The van der Waals surface area contributed by atoms with Gasteiger partial charge in [0.25, 0.3) is 0 Å². The summed E-state index contributed by atoms with van der Waals surface area (Å²) in [4.78, 5) is 4.26. The van der Waals surface area contributed by atoms with Gasteiger partial charge in [-0.3, -0.25) is 4.99 Å². The molecule has 1 fully saturated rings. The van der Waals surface area contributed by atoms with Gasteiger partial charge in [0.1, 0.15) is 5.75 Å². The van der Waals surface area contributed by atoms with Crippen molar-refractivity contribution < 1.29 is 13.2 Å². The molecular formula is C15H22IN3O3S. The average molecular weight is 451 g/mol. The highest BCUT2D eigenvalue weighted by molar-refractivity contribution is 14.0. The second-order valence-electron chi connectivity index (χ2n) is 6.03. The third-order valence-electron chi connectivity index (χ3n) is 4.41. The van der Waals surface area contributed by atoms with E-state index in [-0.39, 0.29) is 42.5 Å². The summed E-state index contributed by atoms with van der Waals surface area (Å²) in [6.45, 7) is 0.852. The van der Waals surface area contributed by atoms with E-state index in [9.17, 15) is 8.42 Å². The van der Waals surface area contributed by atoms with Gasteiger partial charge >= 0.3 is 0 Å². The molecule has 2 aliphatic rings. The molecule has 1 heterocycles. The number of nitrogens with zero attached hydrogens (tertiary/aromatic N) is 1. The number of nitrogens with one attached hydrogen (secondary N) is 1. The lowest BCUT2D eigenvalue weighted by Crippen LogP contribution is -2.38. The summed E-state index contributed by atoms with van der Waals surface area (Å²) in [6.07, 6.45) is 3.41. The molecular weight excluding hydrogens is 429 g/mol. The molecule has 1 aromatic rings. The molecule has 0 saturated heterocycles. The molecule has 3 rings (SSSR count). The number of rotatable bonds is 4. The van der Waals surface area contributed by atoms with Crippen molar-refractivity contribution in [3.63, 3.8) is 0 Å². The van der Waals surface area contributed by atoms with E-state index in [0.717, 1.165) is 17.7 Å². The molecule has 1 saturated carbocycles. The van der Waals surface area contributed by atoms with Crippen molar-refractivity contribution in [3.05, 3.63) is 29.8 Å². The highest BCUT2D eigenvalue weighted by atomic mass is 127. The lowest BCUT2D eigenvalue weighted by Gasteiger charge is -2.27. The first kappa shape index (κ1) is 18.3. The van der Waals surface area contributed by atoms with Gasteiger partial charge in [-0.2, -0.15) is 0 Å². The van der Waals surface area contributed by atoms with Crippen LogP contribution < -0.4 is 15.8 Å². The molecule has 0 radical (unpaired) electrons. The first-order valence-electron chi connectivity index (χ1n) is 7.39. The van der Waals surface area contributed by atoms with Crippen LogP contribution in [0.4, 0.5) is 0 Å². The lowest BCUT2D eigenvalue weighted by molar-refractivity contribution is 0.262. The van der Waals surface area contributed by atoms with Crippen LogP contribution >= 0.6 is 24.0 Å². The van der Waals surface area contributed by atoms with Crippen LogP contribution in [0.5, 0.6) is 5.75 Å². The molecule has 1 unspecified atom stereocenters. The number of hydrogen-bond donors (Lipinski definition) is 2. The second-order valence-corrected chi connectivity index (χ2v) is 8.44. The van der Waals surface area contributed by atoms with E-state index in [4.69, 9.17) is 10.5 Å². The minimum Gasteiger partial charge on any atom is -0.493 e. The zero-order valence-electron chi connectivity index (χ0n) is 13.0. The predicted octanol–water partition coefficient (Wildman–Crippen LogP) is 1.61. The molecule has 128 valence electrons. The van der Waals surface area contributed by atoms with E-state index in [0.29, 0.717) is 19.4 Å². The van der Waals surface area contributed by atoms with E-state index in [2.05, 4.69) is 10.3 Å². The number of hydrogen-bond acceptors (Lipinski definition) is 4. The fourth-order valence-electron chi connectivity index (χ4n) is 2.73. The summed E-state index contributed by atoms with van der Waals surface area (Å²) in [5, 5.41) is 3.18. The van der Waals surface area contributed by atoms with Crippen molar-refractivity contribution in [2.75, 3.05) is 19.4 Å². The SMILES string of the molecule is CS(=O)(=O)C1(CN=C(N)NC2CCOc3ccccc32)CC1.I. The third-order valence-corrected chi connectivity index (χ3v) is 6.52. The Balaban J connectivity index is 0.00000192. The van der Waals surface area contributed by atoms with Crippen LogP contribution in [0.15, 0.2) is 29.3 Å². The monoisotopic (exact) mass is 451 g/mol. The van der Waals surface area contributed by atoms with Crippen LogP contribution in [-0.4, -0.2) is 38.5 Å². The first-order chi connectivity index (χ1) is 10.4. The fraction of sp³-hybridized carbons (Fsp3) is 0.533. The number of para-hydroxylation sites is 1. The highest BCUT2D eigenvalue weighted by Crippen LogP contribution is 2.43. The quantitative estimate of drug-likeness (QED) is 0.412. The van der Waals surface area contributed by atoms with Crippen LogP contribution in [0.25, 0.3) is 0 Å². The predicted molar refractivity (Wildman–Crippen MR) is 101 cm³/mol. The topological polar surface area (TPSA) is 93.8 Å². The Morgan fingerprint density at radius 1 is 1.43 bits per heavy atom. The Kier molecular flexibility index (Phi) is 5.44. The number of ether oxygens (including phenoxy) is 1. The van der Waals surface area contributed by atoms with Crippen LogP contribution in [-0.2, 0) is 9.84 Å². The zero-order valence-corrected chi connectivity index (χ0v) is 16.1. The number of aliphatic imine (C=N–C) groups is 1. The lowest BCUT2D eigenvalue weighted by atomic mass is 10.0. The smallest absolute Gasteiger partial charge is 0.189 e. The van der Waals surface area contributed by atoms with Gasteiger partial charge in [-0.1, -0.05) is 18.2 Å². The average Bonchev–Trinajstić information content (AvgIpc) is 3.26. The largest absolute Gasteiger partial charge is 0.493 e. The first-order valence-corrected chi connectivity index (χ1v) is 9.28. The van der Waals surface area contributed by atoms with E-state index >= 15 is 0 Å². The number of halogens is 1. The van der Waals surface area contributed by atoms with Crippen LogP contribution in [0, 0.1) is 0 Å². The fourth-order valence-corrected chi connectivity index (χ4v) is 3.87. The van der Waals surface area contributed by atoms with Gasteiger partial charge in [-0.15, -0.1) is 24.0 Å². The molecule has 1 aliphatic heterocycles. The Morgan fingerprint density at radius 2 is 2.13 bits per heavy atom. The minimum atomic E-state index is -3.08. The van der Waals surface area contributed by atoms with E-state index in [1.807, 2.05) is 24.3 Å². The molecule has 0 bridgehead atoms. The van der Waals surface area contributed by atoms with Gasteiger partial charge in [-0.25, -0.2) is 8.42 Å². The van der Waals surface area contributed by atoms with Crippen molar-refractivity contribution in [1.82, 2.24) is 5.32 Å². The number of fused-ring (bicyclic) bond motifs is 1. The summed E-state index contributed by atoms with van der Waals surface area (Å²) in [7, 11) is -3.08. The maximum atomic E-state index is 11.7. The molecule has 23 heavy (non-hydrogen) atoms. The van der Waals surface area contributed by atoms with Gasteiger partial charge in [0.2, 0.25) is 0 Å². The Morgan fingerprint density at radius 3 is 2.78 bits per heavy atom. The summed E-state index contributed by atoms with van der Waals surface area (Å²) < 4.78 is 28.4. The van der Waals surface area contributed by atoms with Gasteiger partial charge in [0.05, 0.1) is 23.9 Å². The molecule has 3 N–H and O–H groups in total. The van der Waals surface area contributed by atoms with E-state index in [1.54, 1.807) is 0 Å². The van der Waals surface area contributed by atoms with Crippen molar-refractivity contribution in [2.45, 2.75) is 30.1 Å². The standard InChI is InChI=1S/C15H21N3O3S.HI/c1-22(19,20)15(7-8-15)10-17-14(16)18-12-6-9-21-13-5-3-2-4-11(12)13;/h2-5,12H,6-10H2,1H3,(H3,16,17,18);1H. The highest BCUT2D eigenvalue weighted by Gasteiger charge is 2.52. The molecule has 8 heteroatoms. The molecule has 6 nitrogen and oxygen atoms in total. The number of guanidine groups is 1. The molecule has 1 atom stereocenters. The summed E-state index contributed by atoms with van der Waals surface area (Å²) in [5.41, 5.74) is 7.00. The van der Waals surface area contributed by atoms with Gasteiger partial charge < -0.3 is 15.8 Å².